The normalized spacial score (nSPS) is 18.2. The van der Waals surface area contributed by atoms with Gasteiger partial charge in [-0.05, 0) is 12.5 Å². The van der Waals surface area contributed by atoms with E-state index in [0.29, 0.717) is 0 Å². The van der Waals surface area contributed by atoms with E-state index in [2.05, 4.69) is 0 Å². The van der Waals surface area contributed by atoms with E-state index >= 15 is 0 Å². The van der Waals surface area contributed by atoms with Gasteiger partial charge in [0.15, 0.2) is 0 Å². The lowest BCUT2D eigenvalue weighted by molar-refractivity contribution is -0.177. The van der Waals surface area contributed by atoms with E-state index in [0.717, 1.165) is 4.90 Å². The lowest BCUT2D eigenvalue weighted by atomic mass is 10.1. The molecule has 0 aromatic rings. The van der Waals surface area contributed by atoms with Crippen LogP contribution in [0.3, 0.4) is 0 Å². The van der Waals surface area contributed by atoms with Crippen LogP contribution in [0.15, 0.2) is 23.9 Å². The summed E-state index contributed by atoms with van der Waals surface area (Å²) in [5.41, 5.74) is 5.22. The third-order valence-electron chi connectivity index (χ3n) is 2.41. The maximum Gasteiger partial charge on any atom is 0.408 e. The Balaban J connectivity index is 2.81. The third-order valence-corrected chi connectivity index (χ3v) is 2.41. The lowest BCUT2D eigenvalue weighted by Gasteiger charge is -2.33. The highest BCUT2D eigenvalue weighted by molar-refractivity contribution is 5.92. The summed E-state index contributed by atoms with van der Waals surface area (Å²) in [5.74, 6) is -0.689. The zero-order valence-corrected chi connectivity index (χ0v) is 8.79. The minimum absolute atomic E-state index is 0.0696. The largest absolute Gasteiger partial charge is 0.408 e. The second kappa shape index (κ2) is 4.59. The molecule has 0 radical (unpaired) electrons. The fourth-order valence-electron chi connectivity index (χ4n) is 1.60. The topological polar surface area (TPSA) is 46.3 Å². The van der Waals surface area contributed by atoms with Gasteiger partial charge in [-0.2, -0.15) is 13.2 Å². The maximum atomic E-state index is 12.6. The van der Waals surface area contributed by atoms with Crippen molar-refractivity contribution in [1.82, 2.24) is 4.90 Å². The molecule has 3 nitrogen and oxygen atoms in total. The van der Waals surface area contributed by atoms with Crippen LogP contribution in [0.25, 0.3) is 0 Å². The lowest BCUT2D eigenvalue weighted by Crippen LogP contribution is -2.44. The van der Waals surface area contributed by atoms with Crippen molar-refractivity contribution in [2.24, 2.45) is 5.73 Å². The van der Waals surface area contributed by atoms with Gasteiger partial charge in [0.1, 0.15) is 6.04 Å². The molecule has 0 aliphatic carbocycles. The molecular formula is C10H13F3N2O. The molecule has 1 amide bonds. The van der Waals surface area contributed by atoms with Crippen LogP contribution < -0.4 is 5.73 Å². The standard InChI is InChI=1S/C10H13F3N2O/c1-2-8(10(11,12)13)15-5-3-4-7(6-15)9(14)16/h3-5,8H,2,6H2,1H3,(H2,14,16). The molecule has 1 unspecified atom stereocenters. The van der Waals surface area contributed by atoms with Crippen LogP contribution in [-0.4, -0.2) is 29.6 Å². The summed E-state index contributed by atoms with van der Waals surface area (Å²) >= 11 is 0. The zero-order chi connectivity index (χ0) is 12.3. The first-order valence-corrected chi connectivity index (χ1v) is 4.86. The van der Waals surface area contributed by atoms with Crippen LogP contribution in [0.1, 0.15) is 13.3 Å². The molecule has 2 N–H and O–H groups in total. The molecule has 0 bridgehead atoms. The molecule has 16 heavy (non-hydrogen) atoms. The van der Waals surface area contributed by atoms with Crippen molar-refractivity contribution in [3.05, 3.63) is 23.9 Å². The summed E-state index contributed by atoms with van der Waals surface area (Å²) in [6, 6.07) is -1.58. The van der Waals surface area contributed by atoms with Crippen LogP contribution in [0.4, 0.5) is 13.2 Å². The average molecular weight is 234 g/mol. The first-order valence-electron chi connectivity index (χ1n) is 4.86. The van der Waals surface area contributed by atoms with Gasteiger partial charge >= 0.3 is 6.18 Å². The highest BCUT2D eigenvalue weighted by Crippen LogP contribution is 2.28. The van der Waals surface area contributed by atoms with E-state index in [9.17, 15) is 18.0 Å². The molecule has 6 heteroatoms. The van der Waals surface area contributed by atoms with E-state index in [-0.39, 0.29) is 18.5 Å². The molecule has 1 aliphatic rings. The molecule has 0 aromatic carbocycles. The van der Waals surface area contributed by atoms with Gasteiger partial charge in [-0.3, -0.25) is 4.79 Å². The van der Waals surface area contributed by atoms with E-state index in [1.54, 1.807) is 0 Å². The minimum atomic E-state index is -4.31. The molecule has 1 atom stereocenters. The van der Waals surface area contributed by atoms with Gasteiger partial charge in [0.2, 0.25) is 5.91 Å². The number of alkyl halides is 3. The number of amides is 1. The predicted molar refractivity (Wildman–Crippen MR) is 53.3 cm³/mol. The molecule has 0 saturated heterocycles. The van der Waals surface area contributed by atoms with Crippen LogP contribution in [-0.2, 0) is 4.79 Å². The molecule has 90 valence electrons. The van der Waals surface area contributed by atoms with Gasteiger partial charge < -0.3 is 10.6 Å². The Morgan fingerprint density at radius 1 is 1.62 bits per heavy atom. The summed E-state index contributed by atoms with van der Waals surface area (Å²) in [4.78, 5) is 12.0. The van der Waals surface area contributed by atoms with Crippen molar-refractivity contribution in [2.45, 2.75) is 25.6 Å². The van der Waals surface area contributed by atoms with Crippen molar-refractivity contribution in [1.29, 1.82) is 0 Å². The number of carbonyl (C=O) groups excluding carboxylic acids is 1. The smallest absolute Gasteiger partial charge is 0.366 e. The van der Waals surface area contributed by atoms with Gasteiger partial charge in [-0.25, -0.2) is 0 Å². The van der Waals surface area contributed by atoms with Crippen molar-refractivity contribution < 1.29 is 18.0 Å². The Bertz CT molecular complexity index is 333. The number of hydrogen-bond acceptors (Lipinski definition) is 2. The van der Waals surface area contributed by atoms with Crippen LogP contribution in [0.2, 0.25) is 0 Å². The Kier molecular flexibility index (Phi) is 3.62. The van der Waals surface area contributed by atoms with Crippen molar-refractivity contribution in [3.63, 3.8) is 0 Å². The Labute approximate surface area is 91.4 Å². The average Bonchev–Trinajstić information content (AvgIpc) is 2.17. The molecule has 0 fully saturated rings. The molecule has 0 aromatic heterocycles. The number of hydrogen-bond donors (Lipinski definition) is 1. The number of carbonyl (C=O) groups is 1. The zero-order valence-electron chi connectivity index (χ0n) is 8.79. The van der Waals surface area contributed by atoms with Crippen LogP contribution in [0.5, 0.6) is 0 Å². The SMILES string of the molecule is CCC(N1C=CC=C(C(N)=O)C1)C(F)(F)F. The van der Waals surface area contributed by atoms with Gasteiger partial charge in [0.05, 0.1) is 0 Å². The van der Waals surface area contributed by atoms with Crippen molar-refractivity contribution in [3.8, 4) is 0 Å². The van der Waals surface area contributed by atoms with Gasteiger partial charge in [-0.15, -0.1) is 0 Å². The molecule has 1 aliphatic heterocycles. The molecule has 1 heterocycles. The summed E-state index contributed by atoms with van der Waals surface area (Å²) in [6.07, 6.45) is -0.215. The highest BCUT2D eigenvalue weighted by atomic mass is 19.4. The molecule has 0 saturated carbocycles. The van der Waals surface area contributed by atoms with Gasteiger partial charge in [0.25, 0.3) is 0 Å². The minimum Gasteiger partial charge on any atom is -0.366 e. The summed E-state index contributed by atoms with van der Waals surface area (Å²) in [7, 11) is 0. The Morgan fingerprint density at radius 2 is 2.25 bits per heavy atom. The Morgan fingerprint density at radius 3 is 2.69 bits per heavy atom. The van der Waals surface area contributed by atoms with E-state index < -0.39 is 18.1 Å². The highest BCUT2D eigenvalue weighted by Gasteiger charge is 2.41. The number of halogens is 3. The summed E-state index contributed by atoms with van der Waals surface area (Å²) < 4.78 is 37.9. The number of nitrogens with zero attached hydrogens (tertiary/aromatic N) is 1. The van der Waals surface area contributed by atoms with E-state index in [1.165, 1.54) is 25.3 Å². The summed E-state index contributed by atoms with van der Waals surface area (Å²) in [5, 5.41) is 0. The third kappa shape index (κ3) is 2.77. The fraction of sp³-hybridized carbons (Fsp3) is 0.500. The fourth-order valence-corrected chi connectivity index (χ4v) is 1.60. The quantitative estimate of drug-likeness (QED) is 0.805. The monoisotopic (exact) mass is 234 g/mol. The van der Waals surface area contributed by atoms with Crippen molar-refractivity contribution in [2.75, 3.05) is 6.54 Å². The van der Waals surface area contributed by atoms with Crippen LogP contribution in [0, 0.1) is 0 Å². The molecule has 0 spiro atoms. The second-order valence-electron chi connectivity index (χ2n) is 3.54. The summed E-state index contributed by atoms with van der Waals surface area (Å²) in [6.45, 7) is 1.36. The second-order valence-corrected chi connectivity index (χ2v) is 3.54. The van der Waals surface area contributed by atoms with E-state index in [1.807, 2.05) is 0 Å². The first-order chi connectivity index (χ1) is 7.36. The molecule has 1 rings (SSSR count). The van der Waals surface area contributed by atoms with Gasteiger partial charge in [-0.1, -0.05) is 13.0 Å². The van der Waals surface area contributed by atoms with Crippen molar-refractivity contribution >= 4 is 5.91 Å². The molecular weight excluding hydrogens is 221 g/mol. The number of primary amides is 1. The van der Waals surface area contributed by atoms with Crippen LogP contribution >= 0.6 is 0 Å². The maximum absolute atomic E-state index is 12.6. The first kappa shape index (κ1) is 12.6. The number of nitrogens with two attached hydrogens (primary N) is 1. The van der Waals surface area contributed by atoms with E-state index in [4.69, 9.17) is 5.73 Å². The van der Waals surface area contributed by atoms with Gasteiger partial charge in [0, 0.05) is 18.3 Å². The number of allylic oxidation sites excluding steroid dienone is 2. The Hall–Kier alpha value is -1.46. The number of rotatable bonds is 3. The predicted octanol–water partition coefficient (Wildman–Crippen LogP) is 1.57.